The Labute approximate surface area is 151 Å². The Kier molecular flexibility index (Phi) is 5.89. The van der Waals surface area contributed by atoms with Crippen molar-refractivity contribution in [3.63, 3.8) is 0 Å². The van der Waals surface area contributed by atoms with Crippen LogP contribution < -0.4 is 10.2 Å². The maximum atomic E-state index is 12.1. The van der Waals surface area contributed by atoms with Gasteiger partial charge >= 0.3 is 0 Å². The van der Waals surface area contributed by atoms with Gasteiger partial charge in [0.05, 0.1) is 12.2 Å². The van der Waals surface area contributed by atoms with Crippen molar-refractivity contribution < 1.29 is 4.79 Å². The standard InChI is InChI=1S/C19H31N5O/c1-14(2)20-19(25)13-23-8-6-7-16(12-23)17-11-18(22-15(3)21-17)24-9-4-5-10-24/h11,14,16H,4-10,12-13H2,1-3H3,(H,20,25)/t16-/m1/s1. The van der Waals surface area contributed by atoms with E-state index >= 15 is 0 Å². The van der Waals surface area contributed by atoms with E-state index in [1.54, 1.807) is 0 Å². The summed E-state index contributed by atoms with van der Waals surface area (Å²) in [6, 6.07) is 2.38. The van der Waals surface area contributed by atoms with Gasteiger partial charge in [-0.1, -0.05) is 0 Å². The number of aromatic nitrogens is 2. The molecule has 1 aromatic heterocycles. The average molecular weight is 345 g/mol. The molecule has 6 nitrogen and oxygen atoms in total. The third-order valence-corrected chi connectivity index (χ3v) is 5.01. The Hall–Kier alpha value is -1.69. The number of anilines is 1. The van der Waals surface area contributed by atoms with Crippen LogP contribution >= 0.6 is 0 Å². The van der Waals surface area contributed by atoms with E-state index < -0.39 is 0 Å². The first-order valence-corrected chi connectivity index (χ1v) is 9.63. The van der Waals surface area contributed by atoms with Crippen LogP contribution in [0.1, 0.15) is 57.0 Å². The normalized spacial score (nSPS) is 21.8. The fourth-order valence-electron chi connectivity index (χ4n) is 3.90. The quantitative estimate of drug-likeness (QED) is 0.885. The summed E-state index contributed by atoms with van der Waals surface area (Å²) in [6.45, 7) is 10.6. The molecular weight excluding hydrogens is 314 g/mol. The minimum atomic E-state index is 0.118. The number of hydrogen-bond donors (Lipinski definition) is 1. The van der Waals surface area contributed by atoms with Gasteiger partial charge in [-0.25, -0.2) is 9.97 Å². The predicted molar refractivity (Wildman–Crippen MR) is 99.9 cm³/mol. The number of rotatable bonds is 5. The van der Waals surface area contributed by atoms with Crippen molar-refractivity contribution in [3.05, 3.63) is 17.6 Å². The number of carbonyl (C=O) groups is 1. The Balaban J connectivity index is 1.67. The average Bonchev–Trinajstić information content (AvgIpc) is 3.08. The van der Waals surface area contributed by atoms with Crippen LogP contribution in [0.3, 0.4) is 0 Å². The van der Waals surface area contributed by atoms with Crippen molar-refractivity contribution in [2.24, 2.45) is 0 Å². The van der Waals surface area contributed by atoms with E-state index in [0.29, 0.717) is 12.5 Å². The van der Waals surface area contributed by atoms with Crippen molar-refractivity contribution in [2.45, 2.75) is 58.4 Å². The largest absolute Gasteiger partial charge is 0.357 e. The molecule has 3 heterocycles. The van der Waals surface area contributed by atoms with Gasteiger partial charge in [0.25, 0.3) is 0 Å². The summed E-state index contributed by atoms with van der Waals surface area (Å²) < 4.78 is 0. The van der Waals surface area contributed by atoms with Gasteiger partial charge in [-0.2, -0.15) is 0 Å². The molecule has 2 saturated heterocycles. The summed E-state index contributed by atoms with van der Waals surface area (Å²) in [6.07, 6.45) is 4.75. The van der Waals surface area contributed by atoms with E-state index in [4.69, 9.17) is 4.98 Å². The Morgan fingerprint density at radius 3 is 2.72 bits per heavy atom. The van der Waals surface area contributed by atoms with Gasteiger partial charge in [0, 0.05) is 37.7 Å². The van der Waals surface area contributed by atoms with Gasteiger partial charge < -0.3 is 10.2 Å². The number of carbonyl (C=O) groups excluding carboxylic acids is 1. The van der Waals surface area contributed by atoms with Crippen LogP contribution in [-0.4, -0.2) is 59.5 Å². The Morgan fingerprint density at radius 2 is 2.00 bits per heavy atom. The topological polar surface area (TPSA) is 61.4 Å². The number of hydrogen-bond acceptors (Lipinski definition) is 5. The van der Waals surface area contributed by atoms with Gasteiger partial charge in [-0.3, -0.25) is 9.69 Å². The smallest absolute Gasteiger partial charge is 0.234 e. The van der Waals surface area contributed by atoms with Crippen molar-refractivity contribution in [1.82, 2.24) is 20.2 Å². The van der Waals surface area contributed by atoms with Crippen molar-refractivity contribution >= 4 is 11.7 Å². The summed E-state index contributed by atoms with van der Waals surface area (Å²) in [7, 11) is 0. The maximum Gasteiger partial charge on any atom is 0.234 e. The molecule has 2 aliphatic heterocycles. The molecule has 2 aliphatic rings. The van der Waals surface area contributed by atoms with E-state index in [1.165, 1.54) is 12.8 Å². The molecule has 25 heavy (non-hydrogen) atoms. The second-order valence-electron chi connectivity index (χ2n) is 7.69. The molecule has 1 N–H and O–H groups in total. The lowest BCUT2D eigenvalue weighted by Gasteiger charge is -2.32. The highest BCUT2D eigenvalue weighted by molar-refractivity contribution is 5.78. The van der Waals surface area contributed by atoms with E-state index in [0.717, 1.165) is 56.4 Å². The summed E-state index contributed by atoms with van der Waals surface area (Å²) in [5.41, 5.74) is 1.14. The van der Waals surface area contributed by atoms with E-state index in [-0.39, 0.29) is 11.9 Å². The number of likely N-dealkylation sites (tertiary alicyclic amines) is 1. The maximum absolute atomic E-state index is 12.1. The van der Waals surface area contributed by atoms with Crippen molar-refractivity contribution in [3.8, 4) is 0 Å². The number of piperidine rings is 1. The number of amides is 1. The molecule has 0 bridgehead atoms. The summed E-state index contributed by atoms with van der Waals surface area (Å²) in [4.78, 5) is 26.1. The molecular formula is C19H31N5O. The highest BCUT2D eigenvalue weighted by Gasteiger charge is 2.25. The Morgan fingerprint density at radius 1 is 1.24 bits per heavy atom. The number of nitrogens with one attached hydrogen (secondary N) is 1. The van der Waals surface area contributed by atoms with Crippen LogP contribution in [0.4, 0.5) is 5.82 Å². The predicted octanol–water partition coefficient (Wildman–Crippen LogP) is 2.09. The second-order valence-corrected chi connectivity index (χ2v) is 7.69. The van der Waals surface area contributed by atoms with Crippen molar-refractivity contribution in [2.75, 3.05) is 37.6 Å². The lowest BCUT2D eigenvalue weighted by atomic mass is 9.94. The molecule has 0 unspecified atom stereocenters. The van der Waals surface area contributed by atoms with E-state index in [9.17, 15) is 4.79 Å². The SMILES string of the molecule is Cc1nc([C@@H]2CCCN(CC(=O)NC(C)C)C2)cc(N2CCCC2)n1. The van der Waals surface area contributed by atoms with E-state index in [2.05, 4.69) is 26.2 Å². The van der Waals surface area contributed by atoms with Crippen LogP contribution in [0.5, 0.6) is 0 Å². The summed E-state index contributed by atoms with van der Waals surface area (Å²) in [5.74, 6) is 2.44. The van der Waals surface area contributed by atoms with Gasteiger partial charge in [0.2, 0.25) is 5.91 Å². The lowest BCUT2D eigenvalue weighted by Crippen LogP contribution is -2.43. The molecule has 0 spiro atoms. The molecule has 138 valence electrons. The molecule has 0 saturated carbocycles. The van der Waals surface area contributed by atoms with Crippen LogP contribution in [0.2, 0.25) is 0 Å². The zero-order valence-electron chi connectivity index (χ0n) is 15.8. The summed E-state index contributed by atoms with van der Waals surface area (Å²) >= 11 is 0. The molecule has 1 atom stereocenters. The third kappa shape index (κ3) is 4.91. The van der Waals surface area contributed by atoms with E-state index in [1.807, 2.05) is 20.8 Å². The number of aryl methyl sites for hydroxylation is 1. The molecule has 0 radical (unpaired) electrons. The fraction of sp³-hybridized carbons (Fsp3) is 0.737. The highest BCUT2D eigenvalue weighted by Crippen LogP contribution is 2.28. The van der Waals surface area contributed by atoms with Gasteiger partial charge in [-0.05, 0) is 53.0 Å². The molecule has 3 rings (SSSR count). The monoisotopic (exact) mass is 345 g/mol. The van der Waals surface area contributed by atoms with Crippen LogP contribution in [0.25, 0.3) is 0 Å². The van der Waals surface area contributed by atoms with Crippen LogP contribution in [0, 0.1) is 6.92 Å². The van der Waals surface area contributed by atoms with Gasteiger partial charge in [0.1, 0.15) is 11.6 Å². The molecule has 1 aromatic rings. The second kappa shape index (κ2) is 8.13. The van der Waals surface area contributed by atoms with Crippen LogP contribution in [0.15, 0.2) is 6.07 Å². The first-order valence-electron chi connectivity index (χ1n) is 9.63. The summed E-state index contributed by atoms with van der Waals surface area (Å²) in [5, 5.41) is 2.99. The minimum Gasteiger partial charge on any atom is -0.357 e. The highest BCUT2D eigenvalue weighted by atomic mass is 16.2. The zero-order valence-corrected chi connectivity index (χ0v) is 15.8. The first-order chi connectivity index (χ1) is 12.0. The van der Waals surface area contributed by atoms with Crippen LogP contribution in [-0.2, 0) is 4.79 Å². The molecule has 2 fully saturated rings. The first kappa shape index (κ1) is 18.1. The molecule has 1 amide bonds. The fourth-order valence-corrected chi connectivity index (χ4v) is 3.90. The third-order valence-electron chi connectivity index (χ3n) is 5.01. The molecule has 6 heteroatoms. The molecule has 0 aromatic carbocycles. The van der Waals surface area contributed by atoms with Gasteiger partial charge in [-0.15, -0.1) is 0 Å². The number of nitrogens with zero attached hydrogens (tertiary/aromatic N) is 4. The minimum absolute atomic E-state index is 0.118. The lowest BCUT2D eigenvalue weighted by molar-refractivity contribution is -0.123. The van der Waals surface area contributed by atoms with Crippen molar-refractivity contribution in [1.29, 1.82) is 0 Å². The van der Waals surface area contributed by atoms with Gasteiger partial charge in [0.15, 0.2) is 0 Å². The Bertz CT molecular complexity index is 597. The molecule has 0 aliphatic carbocycles. The zero-order chi connectivity index (χ0) is 17.8.